The number of carboxylic acids is 1. The molecule has 5 rings (SSSR count). The highest BCUT2D eigenvalue weighted by Gasteiger charge is 2.34. The lowest BCUT2D eigenvalue weighted by atomic mass is 9.98. The van der Waals surface area contributed by atoms with Gasteiger partial charge in [-0.2, -0.15) is 0 Å². The van der Waals surface area contributed by atoms with Crippen LogP contribution in [0, 0.1) is 0 Å². The third-order valence-electron chi connectivity index (χ3n) is 9.71. The standard InChI is InChI=1S/C41H52N2O6/c1-2-23-43(36-15-7-8-16-36)28-37-26-38(32-21-19-30(29-44)20-22-32)49-41(48-37)35-14-10-13-34(25-35)33-12-9-11-31(24-33)27-42-39(45)17-5-3-4-6-18-40(46)47/h2,9-14,19-22,24-25,36-38,41,44H,1,3-8,15-18,23,26-29H2,(H,42,45)(H,46,47)/t37-,38+,41+/m1/s1. The fraction of sp³-hybridized carbons (Fsp3) is 0.463. The van der Waals surface area contributed by atoms with Gasteiger partial charge >= 0.3 is 5.97 Å². The maximum absolute atomic E-state index is 12.4. The largest absolute Gasteiger partial charge is 0.481 e. The van der Waals surface area contributed by atoms with Gasteiger partial charge in [-0.05, 0) is 65.6 Å². The van der Waals surface area contributed by atoms with Crippen LogP contribution in [-0.4, -0.2) is 52.2 Å². The minimum atomic E-state index is -0.771. The molecule has 1 heterocycles. The molecule has 3 aromatic carbocycles. The summed E-state index contributed by atoms with van der Waals surface area (Å²) in [6, 6.07) is 25.1. The molecule has 0 bridgehead atoms. The number of benzene rings is 3. The maximum Gasteiger partial charge on any atom is 0.303 e. The second-order valence-corrected chi connectivity index (χ2v) is 13.4. The van der Waals surface area contributed by atoms with Crippen LogP contribution in [0.3, 0.4) is 0 Å². The zero-order chi connectivity index (χ0) is 34.4. The zero-order valence-electron chi connectivity index (χ0n) is 28.6. The lowest BCUT2D eigenvalue weighted by molar-refractivity contribution is -0.253. The number of ether oxygens (including phenoxy) is 2. The number of nitrogens with zero attached hydrogens (tertiary/aromatic N) is 1. The molecular weight excluding hydrogens is 616 g/mol. The van der Waals surface area contributed by atoms with Crippen molar-refractivity contribution >= 4 is 11.9 Å². The quantitative estimate of drug-likeness (QED) is 0.0936. The number of nitrogens with one attached hydrogen (secondary N) is 1. The Morgan fingerprint density at radius 2 is 1.57 bits per heavy atom. The third-order valence-corrected chi connectivity index (χ3v) is 9.71. The van der Waals surface area contributed by atoms with Gasteiger partial charge in [-0.15, -0.1) is 6.58 Å². The number of aliphatic hydroxyl groups is 1. The molecule has 8 nitrogen and oxygen atoms in total. The number of carboxylic acid groups (broad SMARTS) is 1. The molecule has 0 spiro atoms. The van der Waals surface area contributed by atoms with E-state index in [1.54, 1.807) is 0 Å². The molecule has 3 N–H and O–H groups in total. The molecule has 1 aliphatic heterocycles. The van der Waals surface area contributed by atoms with Gasteiger partial charge in [0.05, 0.1) is 18.8 Å². The number of aliphatic carboxylic acids is 1. The summed E-state index contributed by atoms with van der Waals surface area (Å²) in [6.45, 7) is 6.15. The average molecular weight is 669 g/mol. The Balaban J connectivity index is 1.26. The van der Waals surface area contributed by atoms with E-state index in [4.69, 9.17) is 14.6 Å². The van der Waals surface area contributed by atoms with Crippen LogP contribution >= 0.6 is 0 Å². The van der Waals surface area contributed by atoms with Gasteiger partial charge in [0.1, 0.15) is 0 Å². The van der Waals surface area contributed by atoms with Crippen molar-refractivity contribution in [3.05, 3.63) is 108 Å². The highest BCUT2D eigenvalue weighted by molar-refractivity contribution is 5.76. The van der Waals surface area contributed by atoms with E-state index >= 15 is 0 Å². The molecule has 1 amide bonds. The number of hydrogen-bond donors (Lipinski definition) is 3. The Labute approximate surface area is 291 Å². The van der Waals surface area contributed by atoms with Crippen molar-refractivity contribution in [2.75, 3.05) is 13.1 Å². The van der Waals surface area contributed by atoms with E-state index in [1.165, 1.54) is 25.7 Å². The zero-order valence-corrected chi connectivity index (χ0v) is 28.6. The number of carbonyl (C=O) groups excluding carboxylic acids is 1. The minimum absolute atomic E-state index is 0.00641. The minimum Gasteiger partial charge on any atom is -0.481 e. The number of carbonyl (C=O) groups is 2. The molecule has 49 heavy (non-hydrogen) atoms. The van der Waals surface area contributed by atoms with E-state index in [2.05, 4.69) is 59.3 Å². The first kappa shape index (κ1) is 36.5. The van der Waals surface area contributed by atoms with Crippen molar-refractivity contribution in [3.63, 3.8) is 0 Å². The SMILES string of the molecule is C=CCN(C[C@H]1C[C@@H](c2ccc(CO)cc2)O[C@@H](c2cccc(-c3cccc(CNC(=O)CCCCCCC(=O)O)c3)c2)O1)C1CCCC1. The normalized spacial score (nSPS) is 19.6. The van der Waals surface area contributed by atoms with Crippen molar-refractivity contribution in [2.24, 2.45) is 0 Å². The van der Waals surface area contributed by atoms with Crippen LogP contribution in [0.2, 0.25) is 0 Å². The Morgan fingerprint density at radius 3 is 2.29 bits per heavy atom. The lowest BCUT2D eigenvalue weighted by Crippen LogP contribution is -2.43. The maximum atomic E-state index is 12.4. The van der Waals surface area contributed by atoms with E-state index in [1.807, 2.05) is 36.4 Å². The van der Waals surface area contributed by atoms with Crippen LogP contribution in [0.1, 0.15) is 105 Å². The van der Waals surface area contributed by atoms with E-state index in [0.717, 1.165) is 72.2 Å². The van der Waals surface area contributed by atoms with Crippen molar-refractivity contribution in [2.45, 2.75) is 108 Å². The molecule has 1 saturated heterocycles. The van der Waals surface area contributed by atoms with Gasteiger partial charge < -0.3 is 25.0 Å². The first-order valence-electron chi connectivity index (χ1n) is 17.9. The van der Waals surface area contributed by atoms with Gasteiger partial charge in [-0.25, -0.2) is 0 Å². The molecule has 3 aromatic rings. The molecule has 262 valence electrons. The van der Waals surface area contributed by atoms with Gasteiger partial charge in [0.2, 0.25) is 5.91 Å². The number of amides is 1. The Morgan fingerprint density at radius 1 is 0.857 bits per heavy atom. The van der Waals surface area contributed by atoms with Gasteiger partial charge in [-0.1, -0.05) is 92.4 Å². The summed E-state index contributed by atoms with van der Waals surface area (Å²) in [5.41, 5.74) is 6.02. The lowest BCUT2D eigenvalue weighted by Gasteiger charge is -2.39. The summed E-state index contributed by atoms with van der Waals surface area (Å²) in [5, 5.41) is 21.4. The molecule has 0 aromatic heterocycles. The summed E-state index contributed by atoms with van der Waals surface area (Å²) >= 11 is 0. The van der Waals surface area contributed by atoms with Gasteiger partial charge in [0.25, 0.3) is 0 Å². The van der Waals surface area contributed by atoms with Crippen LogP contribution in [-0.2, 0) is 32.2 Å². The van der Waals surface area contributed by atoms with Crippen LogP contribution in [0.5, 0.6) is 0 Å². The van der Waals surface area contributed by atoms with E-state index in [-0.39, 0.29) is 31.1 Å². The molecule has 2 fully saturated rings. The molecule has 0 radical (unpaired) electrons. The molecular formula is C41H52N2O6. The van der Waals surface area contributed by atoms with Crippen molar-refractivity contribution < 1.29 is 29.3 Å². The third kappa shape index (κ3) is 11.1. The summed E-state index contributed by atoms with van der Waals surface area (Å²) in [7, 11) is 0. The summed E-state index contributed by atoms with van der Waals surface area (Å²) in [4.78, 5) is 25.6. The van der Waals surface area contributed by atoms with Crippen molar-refractivity contribution in [1.29, 1.82) is 0 Å². The number of rotatable bonds is 18. The molecule has 2 aliphatic rings. The van der Waals surface area contributed by atoms with Crippen LogP contribution in [0.4, 0.5) is 0 Å². The summed E-state index contributed by atoms with van der Waals surface area (Å²) < 4.78 is 13.4. The second-order valence-electron chi connectivity index (χ2n) is 13.4. The van der Waals surface area contributed by atoms with Crippen LogP contribution < -0.4 is 5.32 Å². The van der Waals surface area contributed by atoms with Crippen LogP contribution in [0.25, 0.3) is 11.1 Å². The number of hydrogen-bond acceptors (Lipinski definition) is 6. The first-order chi connectivity index (χ1) is 23.9. The van der Waals surface area contributed by atoms with Gasteiger partial charge in [0.15, 0.2) is 6.29 Å². The average Bonchev–Trinajstić information content (AvgIpc) is 3.67. The molecule has 8 heteroatoms. The highest BCUT2D eigenvalue weighted by Crippen LogP contribution is 2.39. The van der Waals surface area contributed by atoms with E-state index < -0.39 is 12.3 Å². The highest BCUT2D eigenvalue weighted by atomic mass is 16.7. The van der Waals surface area contributed by atoms with Crippen molar-refractivity contribution in [1.82, 2.24) is 10.2 Å². The van der Waals surface area contributed by atoms with E-state index in [0.29, 0.717) is 25.4 Å². The van der Waals surface area contributed by atoms with Crippen LogP contribution in [0.15, 0.2) is 85.5 Å². The summed E-state index contributed by atoms with van der Waals surface area (Å²) in [6.07, 6.45) is 10.7. The molecule has 1 aliphatic carbocycles. The predicted octanol–water partition coefficient (Wildman–Crippen LogP) is 7.86. The molecule has 3 atom stereocenters. The fourth-order valence-corrected chi connectivity index (χ4v) is 7.03. The first-order valence-corrected chi connectivity index (χ1v) is 17.9. The van der Waals surface area contributed by atoms with Gasteiger partial charge in [0, 0.05) is 50.5 Å². The Bertz CT molecular complexity index is 1500. The smallest absolute Gasteiger partial charge is 0.303 e. The van der Waals surface area contributed by atoms with Gasteiger partial charge in [-0.3, -0.25) is 14.5 Å². The monoisotopic (exact) mass is 668 g/mol. The molecule has 0 unspecified atom stereocenters. The van der Waals surface area contributed by atoms with E-state index in [9.17, 15) is 14.7 Å². The second kappa shape index (κ2) is 18.8. The number of unbranched alkanes of at least 4 members (excludes halogenated alkanes) is 3. The number of aliphatic hydroxyl groups excluding tert-OH is 1. The molecule has 1 saturated carbocycles. The predicted molar refractivity (Wildman–Crippen MR) is 192 cm³/mol. The van der Waals surface area contributed by atoms with Crippen molar-refractivity contribution in [3.8, 4) is 11.1 Å². The fourth-order valence-electron chi connectivity index (χ4n) is 7.03. The Kier molecular flexibility index (Phi) is 14.0. The Hall–Kier alpha value is -3.82. The topological polar surface area (TPSA) is 108 Å². The summed E-state index contributed by atoms with van der Waals surface area (Å²) in [5.74, 6) is -0.765.